The highest BCUT2D eigenvalue weighted by Gasteiger charge is 2.37. The van der Waals surface area contributed by atoms with Crippen LogP contribution in [-0.4, -0.2) is 40.4 Å². The Bertz CT molecular complexity index is 886. The van der Waals surface area contributed by atoms with Crippen LogP contribution in [0.25, 0.3) is 5.70 Å². The van der Waals surface area contributed by atoms with E-state index in [2.05, 4.69) is 11.1 Å². The van der Waals surface area contributed by atoms with E-state index in [9.17, 15) is 10.1 Å². The lowest BCUT2D eigenvalue weighted by atomic mass is 9.97. The van der Waals surface area contributed by atoms with Crippen LogP contribution >= 0.6 is 0 Å². The number of ether oxygens (including phenoxy) is 1. The zero-order chi connectivity index (χ0) is 18.2. The Morgan fingerprint density at radius 1 is 1.32 bits per heavy atom. The Hall–Kier alpha value is -3.32. The Labute approximate surface area is 146 Å². The molecule has 0 aliphatic carbocycles. The minimum atomic E-state index is -0.572. The van der Waals surface area contributed by atoms with Crippen LogP contribution in [0, 0.1) is 22.8 Å². The maximum absolute atomic E-state index is 11.9. The summed E-state index contributed by atoms with van der Waals surface area (Å²) in [6, 6.07) is 7.34. The first-order valence-corrected chi connectivity index (χ1v) is 7.85. The van der Waals surface area contributed by atoms with Crippen LogP contribution in [-0.2, 0) is 4.79 Å². The molecule has 2 heterocycles. The Balaban J connectivity index is 2.14. The summed E-state index contributed by atoms with van der Waals surface area (Å²) < 4.78 is 5.98. The molecule has 0 unspecified atom stereocenters. The van der Waals surface area contributed by atoms with E-state index in [1.807, 2.05) is 24.8 Å². The Morgan fingerprint density at radius 3 is 2.72 bits per heavy atom. The molecule has 0 aromatic heterocycles. The van der Waals surface area contributed by atoms with E-state index < -0.39 is 5.60 Å². The second kappa shape index (κ2) is 5.95. The molecule has 3 rings (SSSR count). The normalized spacial score (nSPS) is 19.6. The predicted octanol–water partition coefficient (Wildman–Crippen LogP) is 2.07. The second-order valence-electron chi connectivity index (χ2n) is 6.39. The topological polar surface area (TPSA) is 92.7 Å². The van der Waals surface area contributed by atoms with E-state index in [1.54, 1.807) is 24.4 Å². The van der Waals surface area contributed by atoms with Crippen molar-refractivity contribution in [2.45, 2.75) is 26.4 Å². The predicted molar refractivity (Wildman–Crippen MR) is 91.0 cm³/mol. The van der Waals surface area contributed by atoms with Gasteiger partial charge in [-0.25, -0.2) is 0 Å². The summed E-state index contributed by atoms with van der Waals surface area (Å²) in [5, 5.41) is 18.2. The standard InChI is InChI=1S/C18H17N5O2/c1-12(24)22-6-7-23(17(22)21-11-20)15-9-18(2,3)25-16-5-4-13(10-19)8-14(15)16/h4-5,8-9H,6-7H2,1-3H3. The van der Waals surface area contributed by atoms with Gasteiger partial charge in [0, 0.05) is 25.6 Å². The minimum Gasteiger partial charge on any atom is -0.483 e. The van der Waals surface area contributed by atoms with Gasteiger partial charge in [0.2, 0.25) is 18.1 Å². The molecule has 1 amide bonds. The molecule has 1 saturated heterocycles. The maximum Gasteiger partial charge on any atom is 0.226 e. The molecule has 1 aromatic carbocycles. The largest absolute Gasteiger partial charge is 0.483 e. The number of hydrogen-bond donors (Lipinski definition) is 0. The Morgan fingerprint density at radius 2 is 2.08 bits per heavy atom. The summed E-state index contributed by atoms with van der Waals surface area (Å²) in [5.74, 6) is 0.778. The molecule has 7 heteroatoms. The van der Waals surface area contributed by atoms with Crippen LogP contribution in [0.2, 0.25) is 0 Å². The molecule has 2 aliphatic rings. The third-order valence-corrected chi connectivity index (χ3v) is 4.09. The molecule has 0 spiro atoms. The average Bonchev–Trinajstić information content (AvgIpc) is 2.97. The lowest BCUT2D eigenvalue weighted by Crippen LogP contribution is -2.38. The van der Waals surface area contributed by atoms with Crippen molar-refractivity contribution in [2.75, 3.05) is 13.1 Å². The summed E-state index contributed by atoms with van der Waals surface area (Å²) in [4.78, 5) is 19.0. The van der Waals surface area contributed by atoms with Gasteiger partial charge in [-0.3, -0.25) is 9.69 Å². The van der Waals surface area contributed by atoms with Crippen molar-refractivity contribution in [1.29, 1.82) is 10.5 Å². The van der Waals surface area contributed by atoms with Gasteiger partial charge in [0.15, 0.2) is 0 Å². The van der Waals surface area contributed by atoms with Crippen molar-refractivity contribution >= 4 is 17.6 Å². The first kappa shape index (κ1) is 16.5. The molecule has 1 fully saturated rings. The number of rotatable bonds is 1. The van der Waals surface area contributed by atoms with Gasteiger partial charge in [0.1, 0.15) is 11.4 Å². The van der Waals surface area contributed by atoms with Gasteiger partial charge in [0.25, 0.3) is 0 Å². The molecular weight excluding hydrogens is 318 g/mol. The maximum atomic E-state index is 11.9. The van der Waals surface area contributed by atoms with Crippen molar-refractivity contribution < 1.29 is 9.53 Å². The van der Waals surface area contributed by atoms with Gasteiger partial charge in [-0.2, -0.15) is 10.5 Å². The molecule has 0 radical (unpaired) electrons. The smallest absolute Gasteiger partial charge is 0.226 e. The van der Waals surface area contributed by atoms with Crippen LogP contribution in [0.15, 0.2) is 29.3 Å². The molecule has 0 saturated carbocycles. The first-order valence-electron chi connectivity index (χ1n) is 7.85. The number of benzene rings is 1. The first-order chi connectivity index (χ1) is 11.9. The van der Waals surface area contributed by atoms with Crippen molar-refractivity contribution in [3.8, 4) is 18.0 Å². The molecule has 7 nitrogen and oxygen atoms in total. The number of aliphatic imine (C=N–C) groups is 1. The van der Waals surface area contributed by atoms with Crippen LogP contribution < -0.4 is 4.74 Å². The van der Waals surface area contributed by atoms with Gasteiger partial charge < -0.3 is 9.64 Å². The van der Waals surface area contributed by atoms with Crippen LogP contribution in [0.1, 0.15) is 31.9 Å². The number of carbonyl (C=O) groups excluding carboxylic acids is 1. The molecule has 0 N–H and O–H groups in total. The van der Waals surface area contributed by atoms with E-state index in [0.29, 0.717) is 30.4 Å². The summed E-state index contributed by atoms with van der Waals surface area (Å²) in [6.07, 6.45) is 3.70. The van der Waals surface area contributed by atoms with Crippen molar-refractivity contribution in [3.63, 3.8) is 0 Å². The molecule has 126 valence electrons. The van der Waals surface area contributed by atoms with Gasteiger partial charge in [-0.15, -0.1) is 4.99 Å². The van der Waals surface area contributed by atoms with Crippen molar-refractivity contribution in [3.05, 3.63) is 35.4 Å². The summed E-state index contributed by atoms with van der Waals surface area (Å²) in [6.45, 7) is 6.25. The van der Waals surface area contributed by atoms with E-state index >= 15 is 0 Å². The third kappa shape index (κ3) is 2.92. The number of hydrogen-bond acceptors (Lipinski definition) is 5. The zero-order valence-corrected chi connectivity index (χ0v) is 14.3. The van der Waals surface area contributed by atoms with Gasteiger partial charge in [-0.1, -0.05) is 0 Å². The Kier molecular flexibility index (Phi) is 3.94. The summed E-state index contributed by atoms with van der Waals surface area (Å²) in [7, 11) is 0. The molecular formula is C18H17N5O2. The lowest BCUT2D eigenvalue weighted by Gasteiger charge is -2.34. The van der Waals surface area contributed by atoms with Gasteiger partial charge >= 0.3 is 0 Å². The van der Waals surface area contributed by atoms with Gasteiger partial charge in [-0.05, 0) is 38.1 Å². The van der Waals surface area contributed by atoms with Crippen molar-refractivity contribution in [2.24, 2.45) is 4.99 Å². The van der Waals surface area contributed by atoms with E-state index in [1.165, 1.54) is 11.8 Å². The monoisotopic (exact) mass is 335 g/mol. The molecule has 0 atom stereocenters. The molecule has 1 aromatic rings. The van der Waals surface area contributed by atoms with Gasteiger partial charge in [0.05, 0.1) is 17.3 Å². The molecule has 0 bridgehead atoms. The van der Waals surface area contributed by atoms with Crippen LogP contribution in [0.3, 0.4) is 0 Å². The number of fused-ring (bicyclic) bond motifs is 1. The summed E-state index contributed by atoms with van der Waals surface area (Å²) in [5.41, 5.74) is 1.46. The highest BCUT2D eigenvalue weighted by Crippen LogP contribution is 2.39. The number of nitrogens with zero attached hydrogens (tertiary/aromatic N) is 5. The number of carbonyl (C=O) groups is 1. The lowest BCUT2D eigenvalue weighted by molar-refractivity contribution is -0.124. The van der Waals surface area contributed by atoms with Crippen LogP contribution in [0.5, 0.6) is 5.75 Å². The number of nitriles is 2. The average molecular weight is 335 g/mol. The van der Waals surface area contributed by atoms with E-state index in [0.717, 1.165) is 11.3 Å². The minimum absolute atomic E-state index is 0.172. The highest BCUT2D eigenvalue weighted by atomic mass is 16.5. The highest BCUT2D eigenvalue weighted by molar-refractivity contribution is 6.02. The fourth-order valence-electron chi connectivity index (χ4n) is 3.07. The summed E-state index contributed by atoms with van der Waals surface area (Å²) >= 11 is 0. The molecule has 2 aliphatic heterocycles. The fourth-order valence-corrected chi connectivity index (χ4v) is 3.07. The third-order valence-electron chi connectivity index (χ3n) is 4.09. The fraction of sp³-hybridized carbons (Fsp3) is 0.333. The van der Waals surface area contributed by atoms with E-state index in [-0.39, 0.29) is 5.91 Å². The van der Waals surface area contributed by atoms with E-state index in [4.69, 9.17) is 10.00 Å². The quantitative estimate of drug-likeness (QED) is 0.733. The zero-order valence-electron chi connectivity index (χ0n) is 14.3. The number of amides is 1. The number of guanidine groups is 1. The molecule has 25 heavy (non-hydrogen) atoms. The SMILES string of the molecule is CC(=O)N1CCN(C2=CC(C)(C)Oc3ccc(C#N)cc32)C1=NC#N. The van der Waals surface area contributed by atoms with Crippen molar-refractivity contribution in [1.82, 2.24) is 9.80 Å². The van der Waals surface area contributed by atoms with Crippen LogP contribution in [0.4, 0.5) is 0 Å². The second-order valence-corrected chi connectivity index (χ2v) is 6.39.